The van der Waals surface area contributed by atoms with Gasteiger partial charge in [0.25, 0.3) is 0 Å². The van der Waals surface area contributed by atoms with Gasteiger partial charge in [0.1, 0.15) is 0 Å². The number of hydrogen-bond acceptors (Lipinski definition) is 0. The van der Waals surface area contributed by atoms with Gasteiger partial charge in [-0.3, -0.25) is 0 Å². The van der Waals surface area contributed by atoms with Gasteiger partial charge in [-0.05, 0) is 24.1 Å². The third-order valence-electron chi connectivity index (χ3n) is 2.74. The molecular formula is C15H17N. The highest BCUT2D eigenvalue weighted by Crippen LogP contribution is 2.23. The average Bonchev–Trinajstić information content (AvgIpc) is 2.78. The number of benzene rings is 1. The van der Waals surface area contributed by atoms with E-state index in [0.717, 1.165) is 6.42 Å². The Labute approximate surface area is 96.8 Å². The van der Waals surface area contributed by atoms with Crippen LogP contribution in [0.1, 0.15) is 24.6 Å². The lowest BCUT2D eigenvalue weighted by Crippen LogP contribution is -1.85. The van der Waals surface area contributed by atoms with Crippen LogP contribution < -0.4 is 0 Å². The van der Waals surface area contributed by atoms with E-state index in [4.69, 9.17) is 0 Å². The summed E-state index contributed by atoms with van der Waals surface area (Å²) in [6.45, 7) is 6.04. The zero-order valence-corrected chi connectivity index (χ0v) is 9.66. The summed E-state index contributed by atoms with van der Waals surface area (Å²) in [5.41, 5.74) is 4.88. The topological polar surface area (TPSA) is 15.8 Å². The Hall–Kier alpha value is -1.76. The Morgan fingerprint density at radius 1 is 1.19 bits per heavy atom. The highest BCUT2D eigenvalue weighted by molar-refractivity contribution is 5.72. The van der Waals surface area contributed by atoms with Crippen LogP contribution in [0, 0.1) is 0 Å². The molecule has 0 spiro atoms. The Kier molecular flexibility index (Phi) is 3.25. The maximum absolute atomic E-state index is 3.85. The molecule has 0 bridgehead atoms. The lowest BCUT2D eigenvalue weighted by Gasteiger charge is -2.03. The predicted molar refractivity (Wildman–Crippen MR) is 70.3 cm³/mol. The second kappa shape index (κ2) is 4.84. The van der Waals surface area contributed by atoms with Crippen LogP contribution in [0.4, 0.5) is 0 Å². The van der Waals surface area contributed by atoms with Gasteiger partial charge in [-0.1, -0.05) is 50.3 Å². The zero-order valence-electron chi connectivity index (χ0n) is 9.66. The van der Waals surface area contributed by atoms with Gasteiger partial charge in [0.15, 0.2) is 0 Å². The van der Waals surface area contributed by atoms with Gasteiger partial charge in [-0.15, -0.1) is 0 Å². The van der Waals surface area contributed by atoms with Crippen LogP contribution in [0.15, 0.2) is 43.0 Å². The van der Waals surface area contributed by atoms with Crippen molar-refractivity contribution in [2.75, 3.05) is 0 Å². The van der Waals surface area contributed by atoms with Crippen molar-refractivity contribution in [3.63, 3.8) is 0 Å². The van der Waals surface area contributed by atoms with Crippen molar-refractivity contribution in [3.8, 4) is 11.3 Å². The summed E-state index contributed by atoms with van der Waals surface area (Å²) in [5, 5.41) is 0. The molecule has 0 saturated heterocycles. The van der Waals surface area contributed by atoms with E-state index in [1.54, 1.807) is 0 Å². The van der Waals surface area contributed by atoms with Gasteiger partial charge >= 0.3 is 0 Å². The van der Waals surface area contributed by atoms with E-state index in [1.807, 2.05) is 12.1 Å². The molecule has 1 heterocycles. The van der Waals surface area contributed by atoms with Crippen LogP contribution in [-0.4, -0.2) is 4.98 Å². The average molecular weight is 211 g/mol. The van der Waals surface area contributed by atoms with Crippen molar-refractivity contribution in [3.05, 3.63) is 54.2 Å². The second-order valence-electron chi connectivity index (χ2n) is 3.94. The number of aromatic nitrogens is 1. The molecule has 1 nitrogen and oxygen atoms in total. The van der Waals surface area contributed by atoms with Gasteiger partial charge in [0.05, 0.1) is 0 Å². The first kappa shape index (κ1) is 10.7. The lowest BCUT2D eigenvalue weighted by molar-refractivity contribution is 0.893. The highest BCUT2D eigenvalue weighted by atomic mass is 14.7. The highest BCUT2D eigenvalue weighted by Gasteiger charge is 2.04. The number of H-pyrrole nitrogens is 1. The third-order valence-corrected chi connectivity index (χ3v) is 2.74. The lowest BCUT2D eigenvalue weighted by atomic mass is 10.1. The number of rotatable bonds is 4. The van der Waals surface area contributed by atoms with Crippen LogP contribution >= 0.6 is 0 Å². The van der Waals surface area contributed by atoms with Crippen LogP contribution in [-0.2, 0) is 6.42 Å². The van der Waals surface area contributed by atoms with Crippen molar-refractivity contribution in [2.45, 2.75) is 19.8 Å². The first-order valence-corrected chi connectivity index (χ1v) is 5.75. The van der Waals surface area contributed by atoms with E-state index in [2.05, 4.69) is 48.8 Å². The number of hydrogen-bond donors (Lipinski definition) is 1. The summed E-state index contributed by atoms with van der Waals surface area (Å²) in [6, 6.07) is 12.6. The monoisotopic (exact) mass is 211 g/mol. The van der Waals surface area contributed by atoms with Crippen LogP contribution in [0.5, 0.6) is 0 Å². The first-order chi connectivity index (χ1) is 7.85. The molecule has 0 amide bonds. The molecule has 16 heavy (non-hydrogen) atoms. The van der Waals surface area contributed by atoms with Gasteiger partial charge in [-0.25, -0.2) is 0 Å². The fourth-order valence-corrected chi connectivity index (χ4v) is 1.93. The van der Waals surface area contributed by atoms with Gasteiger partial charge in [0, 0.05) is 17.0 Å². The second-order valence-corrected chi connectivity index (χ2v) is 3.94. The van der Waals surface area contributed by atoms with Crippen LogP contribution in [0.3, 0.4) is 0 Å². The molecule has 1 N–H and O–H groups in total. The predicted octanol–water partition coefficient (Wildman–Crippen LogP) is 4.28. The van der Waals surface area contributed by atoms with E-state index in [-0.39, 0.29) is 0 Å². The molecule has 0 aliphatic rings. The summed E-state index contributed by atoms with van der Waals surface area (Å²) < 4.78 is 0. The molecule has 2 rings (SSSR count). The fourth-order valence-electron chi connectivity index (χ4n) is 1.93. The number of nitrogens with one attached hydrogen (secondary N) is 1. The standard InChI is InChI=1S/C15H17N/c1-3-7-13-10-11-15(16-13)14-9-6-5-8-12(14)4-2/h4-6,8-11,16H,2-3,7H2,1H3. The molecule has 0 radical (unpaired) electrons. The van der Waals surface area contributed by atoms with Gasteiger partial charge < -0.3 is 4.98 Å². The van der Waals surface area contributed by atoms with Crippen LogP contribution in [0.25, 0.3) is 17.3 Å². The van der Waals surface area contributed by atoms with E-state index < -0.39 is 0 Å². The Morgan fingerprint density at radius 2 is 2.00 bits per heavy atom. The van der Waals surface area contributed by atoms with Crippen molar-refractivity contribution >= 4 is 6.08 Å². The van der Waals surface area contributed by atoms with Crippen LogP contribution in [0.2, 0.25) is 0 Å². The summed E-state index contributed by atoms with van der Waals surface area (Å²) >= 11 is 0. The van der Waals surface area contributed by atoms with Crippen molar-refractivity contribution in [2.24, 2.45) is 0 Å². The van der Waals surface area contributed by atoms with E-state index in [0.29, 0.717) is 0 Å². The molecule has 0 aliphatic heterocycles. The van der Waals surface area contributed by atoms with Crippen molar-refractivity contribution in [1.82, 2.24) is 4.98 Å². The molecule has 2 aromatic rings. The summed E-state index contributed by atoms with van der Waals surface area (Å²) in [4.78, 5) is 3.46. The first-order valence-electron chi connectivity index (χ1n) is 5.75. The molecule has 0 saturated carbocycles. The smallest absolute Gasteiger partial charge is 0.0462 e. The number of aryl methyl sites for hydroxylation is 1. The number of aromatic amines is 1. The normalized spacial score (nSPS) is 10.3. The van der Waals surface area contributed by atoms with Gasteiger partial charge in [-0.2, -0.15) is 0 Å². The quantitative estimate of drug-likeness (QED) is 0.777. The third kappa shape index (κ3) is 2.08. The Bertz CT molecular complexity index is 480. The SMILES string of the molecule is C=Cc1ccccc1-c1ccc(CCC)[nH]1. The minimum Gasteiger partial charge on any atom is -0.358 e. The Balaban J connectivity index is 2.38. The van der Waals surface area contributed by atoms with E-state index in [1.165, 1.54) is 28.9 Å². The molecule has 1 aromatic carbocycles. The molecular weight excluding hydrogens is 194 g/mol. The molecule has 82 valence electrons. The molecule has 0 fully saturated rings. The largest absolute Gasteiger partial charge is 0.358 e. The maximum atomic E-state index is 3.85. The summed E-state index contributed by atoms with van der Waals surface area (Å²) in [7, 11) is 0. The molecule has 0 aliphatic carbocycles. The minimum atomic E-state index is 1.11. The van der Waals surface area contributed by atoms with E-state index in [9.17, 15) is 0 Å². The zero-order chi connectivity index (χ0) is 11.4. The Morgan fingerprint density at radius 3 is 2.75 bits per heavy atom. The molecule has 1 heteroatoms. The maximum Gasteiger partial charge on any atom is 0.0462 e. The summed E-state index contributed by atoms with van der Waals surface area (Å²) in [5.74, 6) is 0. The minimum absolute atomic E-state index is 1.11. The van der Waals surface area contributed by atoms with Crippen molar-refractivity contribution in [1.29, 1.82) is 0 Å². The molecule has 0 atom stereocenters. The molecule has 0 unspecified atom stereocenters. The summed E-state index contributed by atoms with van der Waals surface area (Å²) in [6.07, 6.45) is 4.18. The molecule has 1 aromatic heterocycles. The van der Waals surface area contributed by atoms with Crippen molar-refractivity contribution < 1.29 is 0 Å². The van der Waals surface area contributed by atoms with Gasteiger partial charge in [0.2, 0.25) is 0 Å². The van der Waals surface area contributed by atoms with E-state index >= 15 is 0 Å². The fraction of sp³-hybridized carbons (Fsp3) is 0.200.